The summed E-state index contributed by atoms with van der Waals surface area (Å²) in [5.41, 5.74) is 1.51. The molecule has 1 heterocycles. The Kier molecular flexibility index (Phi) is 6.64. The lowest BCUT2D eigenvalue weighted by molar-refractivity contribution is -0.134. The van der Waals surface area contributed by atoms with Crippen molar-refractivity contribution in [1.82, 2.24) is 10.2 Å². The molecule has 1 aliphatic heterocycles. The number of likely N-dealkylation sites (tertiary alicyclic amines) is 1. The molecule has 3 rings (SSSR count). The van der Waals surface area contributed by atoms with Gasteiger partial charge in [-0.3, -0.25) is 9.59 Å². The molecule has 1 saturated heterocycles. The predicted molar refractivity (Wildman–Crippen MR) is 105 cm³/mol. The first-order valence-electron chi connectivity index (χ1n) is 9.69. The maximum Gasteiger partial charge on any atom is 0.260 e. The van der Waals surface area contributed by atoms with Gasteiger partial charge in [-0.05, 0) is 56.0 Å². The van der Waals surface area contributed by atoms with E-state index in [1.54, 1.807) is 4.90 Å². The van der Waals surface area contributed by atoms with Gasteiger partial charge >= 0.3 is 0 Å². The summed E-state index contributed by atoms with van der Waals surface area (Å²) in [5, 5.41) is 2.62. The van der Waals surface area contributed by atoms with Crippen molar-refractivity contribution in [2.24, 2.45) is 0 Å². The number of carbonyl (C=O) groups excluding carboxylic acids is 2. The van der Waals surface area contributed by atoms with Crippen molar-refractivity contribution in [2.45, 2.75) is 32.7 Å². The summed E-state index contributed by atoms with van der Waals surface area (Å²) in [4.78, 5) is 26.3. The van der Waals surface area contributed by atoms with E-state index in [-0.39, 0.29) is 18.6 Å². The molecule has 2 aromatic rings. The van der Waals surface area contributed by atoms with Crippen molar-refractivity contribution in [1.29, 1.82) is 0 Å². The second-order valence-electron chi connectivity index (χ2n) is 7.34. The largest absolute Gasteiger partial charge is 0.483 e. The first kappa shape index (κ1) is 21.7. The van der Waals surface area contributed by atoms with Gasteiger partial charge in [-0.2, -0.15) is 0 Å². The Morgan fingerprint density at radius 2 is 1.77 bits per heavy atom. The zero-order chi connectivity index (χ0) is 21.8. The Labute approximate surface area is 172 Å². The molecule has 2 aromatic carbocycles. The van der Waals surface area contributed by atoms with Crippen LogP contribution >= 0.6 is 0 Å². The summed E-state index contributed by atoms with van der Waals surface area (Å²) >= 11 is 0. The van der Waals surface area contributed by atoms with Gasteiger partial charge in [0.1, 0.15) is 5.75 Å². The second kappa shape index (κ2) is 9.19. The molecule has 0 atom stereocenters. The quantitative estimate of drug-likeness (QED) is 0.753. The van der Waals surface area contributed by atoms with Gasteiger partial charge in [0.05, 0.1) is 5.56 Å². The van der Waals surface area contributed by atoms with Gasteiger partial charge < -0.3 is 15.0 Å². The van der Waals surface area contributed by atoms with Crippen LogP contribution in [0.4, 0.5) is 13.2 Å². The maximum atomic E-state index is 13.8. The summed E-state index contributed by atoms with van der Waals surface area (Å²) in [6.45, 7) is 4.62. The van der Waals surface area contributed by atoms with E-state index in [9.17, 15) is 22.8 Å². The van der Waals surface area contributed by atoms with Crippen LogP contribution in [0.5, 0.6) is 5.75 Å². The van der Waals surface area contributed by atoms with Gasteiger partial charge in [0, 0.05) is 19.1 Å². The van der Waals surface area contributed by atoms with E-state index >= 15 is 0 Å². The molecule has 0 aliphatic carbocycles. The van der Waals surface area contributed by atoms with Crippen LogP contribution in [0.1, 0.15) is 34.3 Å². The molecular formula is C22H23F3N2O3. The van der Waals surface area contributed by atoms with E-state index in [2.05, 4.69) is 5.32 Å². The molecule has 0 aromatic heterocycles. The number of nitrogens with one attached hydrogen (secondary N) is 1. The molecular weight excluding hydrogens is 397 g/mol. The van der Waals surface area contributed by atoms with E-state index in [0.717, 1.165) is 17.2 Å². The van der Waals surface area contributed by atoms with Crippen LogP contribution in [-0.4, -0.2) is 42.5 Å². The third-order valence-electron chi connectivity index (χ3n) is 5.37. The van der Waals surface area contributed by atoms with Crippen LogP contribution in [0, 0.1) is 31.3 Å². The SMILES string of the molecule is Cc1cccc(OCC(=O)N2CCC(NC(=O)c3ccc(F)c(F)c3F)CC2)c1C. The van der Waals surface area contributed by atoms with Gasteiger partial charge in [-0.25, -0.2) is 13.2 Å². The third-order valence-corrected chi connectivity index (χ3v) is 5.37. The van der Waals surface area contributed by atoms with Gasteiger partial charge in [-0.15, -0.1) is 0 Å². The summed E-state index contributed by atoms with van der Waals surface area (Å²) in [7, 11) is 0. The molecule has 0 bridgehead atoms. The Morgan fingerprint density at radius 1 is 1.07 bits per heavy atom. The Hall–Kier alpha value is -3.03. The number of halogens is 3. The highest BCUT2D eigenvalue weighted by Crippen LogP contribution is 2.21. The Bertz CT molecular complexity index is 957. The minimum atomic E-state index is -1.67. The van der Waals surface area contributed by atoms with Crippen molar-refractivity contribution >= 4 is 11.8 Å². The number of amides is 2. The average Bonchev–Trinajstić information content (AvgIpc) is 2.73. The first-order chi connectivity index (χ1) is 14.3. The van der Waals surface area contributed by atoms with Gasteiger partial charge in [0.2, 0.25) is 0 Å². The summed E-state index contributed by atoms with van der Waals surface area (Å²) in [6, 6.07) is 6.97. The van der Waals surface area contributed by atoms with E-state index in [4.69, 9.17) is 4.74 Å². The molecule has 30 heavy (non-hydrogen) atoms. The van der Waals surface area contributed by atoms with Crippen LogP contribution in [0.15, 0.2) is 30.3 Å². The van der Waals surface area contributed by atoms with Crippen molar-refractivity contribution in [3.8, 4) is 5.75 Å². The molecule has 0 unspecified atom stereocenters. The second-order valence-corrected chi connectivity index (χ2v) is 7.34. The van der Waals surface area contributed by atoms with Crippen molar-refractivity contribution in [2.75, 3.05) is 19.7 Å². The monoisotopic (exact) mass is 420 g/mol. The number of piperidine rings is 1. The number of carbonyl (C=O) groups is 2. The summed E-state index contributed by atoms with van der Waals surface area (Å²) in [5.74, 6) is -4.84. The van der Waals surface area contributed by atoms with Crippen LogP contribution in [-0.2, 0) is 4.79 Å². The van der Waals surface area contributed by atoms with Gasteiger partial charge in [0.25, 0.3) is 11.8 Å². The highest BCUT2D eigenvalue weighted by Gasteiger charge is 2.26. The lowest BCUT2D eigenvalue weighted by atomic mass is 10.0. The fraction of sp³-hybridized carbons (Fsp3) is 0.364. The zero-order valence-electron chi connectivity index (χ0n) is 16.8. The van der Waals surface area contributed by atoms with E-state index in [0.29, 0.717) is 37.7 Å². The number of hydrogen-bond acceptors (Lipinski definition) is 3. The van der Waals surface area contributed by atoms with Crippen molar-refractivity contribution in [3.05, 3.63) is 64.5 Å². The highest BCUT2D eigenvalue weighted by molar-refractivity contribution is 5.94. The van der Waals surface area contributed by atoms with E-state index < -0.39 is 28.9 Å². The van der Waals surface area contributed by atoms with Crippen LogP contribution in [0.25, 0.3) is 0 Å². The Balaban J connectivity index is 1.50. The lowest BCUT2D eigenvalue weighted by Gasteiger charge is -2.32. The number of ether oxygens (including phenoxy) is 1. The fourth-order valence-electron chi connectivity index (χ4n) is 3.35. The van der Waals surface area contributed by atoms with Crippen molar-refractivity contribution < 1.29 is 27.5 Å². The molecule has 160 valence electrons. The number of benzene rings is 2. The maximum absolute atomic E-state index is 13.8. The zero-order valence-corrected chi connectivity index (χ0v) is 16.8. The lowest BCUT2D eigenvalue weighted by Crippen LogP contribution is -2.47. The van der Waals surface area contributed by atoms with Crippen LogP contribution in [0.3, 0.4) is 0 Å². The molecule has 5 nitrogen and oxygen atoms in total. The van der Waals surface area contributed by atoms with Crippen LogP contribution < -0.4 is 10.1 Å². The number of hydrogen-bond donors (Lipinski definition) is 1. The number of nitrogens with zero attached hydrogens (tertiary/aromatic N) is 1. The Morgan fingerprint density at radius 3 is 2.47 bits per heavy atom. The predicted octanol–water partition coefficient (Wildman–Crippen LogP) is 3.52. The topological polar surface area (TPSA) is 58.6 Å². The molecule has 1 N–H and O–H groups in total. The number of rotatable bonds is 5. The summed E-state index contributed by atoms with van der Waals surface area (Å²) in [6.07, 6.45) is 0.929. The highest BCUT2D eigenvalue weighted by atomic mass is 19.2. The van der Waals surface area contributed by atoms with Crippen LogP contribution in [0.2, 0.25) is 0 Å². The fourth-order valence-corrected chi connectivity index (χ4v) is 3.35. The van der Waals surface area contributed by atoms with E-state index in [1.807, 2.05) is 32.0 Å². The smallest absolute Gasteiger partial charge is 0.260 e. The summed E-state index contributed by atoms with van der Waals surface area (Å²) < 4.78 is 45.8. The molecule has 8 heteroatoms. The van der Waals surface area contributed by atoms with Gasteiger partial charge in [0.15, 0.2) is 24.1 Å². The molecule has 0 saturated carbocycles. The minimum absolute atomic E-state index is 0.0820. The first-order valence-corrected chi connectivity index (χ1v) is 9.69. The standard InChI is InChI=1S/C22H23F3N2O3/c1-13-4-3-5-18(14(13)2)30-12-19(28)27-10-8-15(9-11-27)26-22(29)16-6-7-17(23)21(25)20(16)24/h3-7,15H,8-12H2,1-2H3,(H,26,29). The molecule has 2 amide bonds. The van der Waals surface area contributed by atoms with Crippen molar-refractivity contribution in [3.63, 3.8) is 0 Å². The molecule has 0 spiro atoms. The number of aryl methyl sites for hydroxylation is 1. The molecule has 0 radical (unpaired) electrons. The third kappa shape index (κ3) is 4.75. The normalized spacial score (nSPS) is 14.5. The van der Waals surface area contributed by atoms with E-state index in [1.165, 1.54) is 0 Å². The molecule has 1 aliphatic rings. The minimum Gasteiger partial charge on any atom is -0.483 e. The van der Waals surface area contributed by atoms with Gasteiger partial charge in [-0.1, -0.05) is 12.1 Å². The average molecular weight is 420 g/mol. The molecule has 1 fully saturated rings.